The van der Waals surface area contributed by atoms with Gasteiger partial charge in [0, 0.05) is 24.3 Å². The molecule has 1 fully saturated rings. The molecule has 19 heavy (non-hydrogen) atoms. The molecule has 5 heteroatoms. The first-order valence-corrected chi connectivity index (χ1v) is 6.88. The second-order valence-corrected chi connectivity index (χ2v) is 5.13. The summed E-state index contributed by atoms with van der Waals surface area (Å²) >= 11 is 0. The van der Waals surface area contributed by atoms with Gasteiger partial charge in [-0.3, -0.25) is 9.59 Å². The zero-order chi connectivity index (χ0) is 13.8. The van der Waals surface area contributed by atoms with E-state index in [0.717, 1.165) is 25.7 Å². The van der Waals surface area contributed by atoms with E-state index >= 15 is 0 Å². The fourth-order valence-corrected chi connectivity index (χ4v) is 2.74. The van der Waals surface area contributed by atoms with Gasteiger partial charge < -0.3 is 9.84 Å². The van der Waals surface area contributed by atoms with E-state index in [1.165, 1.54) is 0 Å². The third-order valence-electron chi connectivity index (χ3n) is 3.74. The number of aromatic nitrogens is 1. The highest BCUT2D eigenvalue weighted by Crippen LogP contribution is 2.32. The average molecular weight is 264 g/mol. The van der Waals surface area contributed by atoms with Gasteiger partial charge in [0.05, 0.1) is 0 Å². The van der Waals surface area contributed by atoms with Crippen molar-refractivity contribution < 1.29 is 14.1 Å². The van der Waals surface area contributed by atoms with Gasteiger partial charge in [0.2, 0.25) is 5.91 Å². The van der Waals surface area contributed by atoms with Gasteiger partial charge in [0.1, 0.15) is 11.5 Å². The number of Topliss-reactive ketones (excluding diaryl/α,β-unsaturated/α-hetero) is 1. The Morgan fingerprint density at radius 3 is 2.63 bits per heavy atom. The molecule has 0 aromatic carbocycles. The fraction of sp³-hybridized carbons (Fsp3) is 0.643. The van der Waals surface area contributed by atoms with Crippen molar-refractivity contribution in [1.82, 2.24) is 5.16 Å². The third-order valence-corrected chi connectivity index (χ3v) is 3.74. The number of carbonyl (C=O) groups is 2. The number of aryl methyl sites for hydroxylation is 1. The van der Waals surface area contributed by atoms with Crippen molar-refractivity contribution in [3.05, 3.63) is 11.8 Å². The van der Waals surface area contributed by atoms with Gasteiger partial charge >= 0.3 is 0 Å². The third kappa shape index (κ3) is 3.22. The highest BCUT2D eigenvalue weighted by atomic mass is 16.5. The minimum absolute atomic E-state index is 0.111. The minimum Gasteiger partial charge on any atom is -0.360 e. The summed E-state index contributed by atoms with van der Waals surface area (Å²) in [5, 5.41) is 6.49. The summed E-state index contributed by atoms with van der Waals surface area (Å²) in [5.74, 6) is 0.803. The first-order valence-electron chi connectivity index (χ1n) is 6.88. The normalized spacial score (nSPS) is 23.1. The molecule has 104 valence electrons. The average Bonchev–Trinajstić information content (AvgIpc) is 2.83. The molecule has 1 heterocycles. The quantitative estimate of drug-likeness (QED) is 0.907. The number of carbonyl (C=O) groups excluding carboxylic acids is 2. The van der Waals surface area contributed by atoms with Gasteiger partial charge in [0.25, 0.3) is 0 Å². The molecule has 0 spiro atoms. The molecule has 0 bridgehead atoms. The molecule has 1 saturated carbocycles. The van der Waals surface area contributed by atoms with Crippen LogP contribution in [0.25, 0.3) is 0 Å². The fourth-order valence-electron chi connectivity index (χ4n) is 2.74. The molecule has 0 saturated heterocycles. The van der Waals surface area contributed by atoms with Crippen molar-refractivity contribution in [2.45, 2.75) is 46.0 Å². The summed E-state index contributed by atoms with van der Waals surface area (Å²) in [6, 6.07) is 1.68. The summed E-state index contributed by atoms with van der Waals surface area (Å²) in [6.45, 7) is 3.62. The molecule has 2 unspecified atom stereocenters. The van der Waals surface area contributed by atoms with Gasteiger partial charge in [0.15, 0.2) is 5.82 Å². The number of rotatable bonds is 4. The van der Waals surface area contributed by atoms with Crippen LogP contribution in [0.4, 0.5) is 5.82 Å². The molecular formula is C14H20N2O3. The Kier molecular flexibility index (Phi) is 4.35. The molecule has 1 amide bonds. The first-order chi connectivity index (χ1) is 9.11. The van der Waals surface area contributed by atoms with Gasteiger partial charge in [-0.05, 0) is 19.8 Å². The Labute approximate surface area is 112 Å². The molecule has 1 aromatic heterocycles. The predicted molar refractivity (Wildman–Crippen MR) is 70.6 cm³/mol. The summed E-state index contributed by atoms with van der Waals surface area (Å²) in [4.78, 5) is 24.2. The van der Waals surface area contributed by atoms with E-state index < -0.39 is 0 Å². The number of nitrogens with zero attached hydrogens (tertiary/aromatic N) is 1. The second kappa shape index (κ2) is 5.99. The maximum Gasteiger partial charge on any atom is 0.229 e. The monoisotopic (exact) mass is 264 g/mol. The molecule has 1 aliphatic carbocycles. The van der Waals surface area contributed by atoms with Crippen LogP contribution >= 0.6 is 0 Å². The first kappa shape index (κ1) is 13.8. The molecular weight excluding hydrogens is 244 g/mol. The highest BCUT2D eigenvalue weighted by Gasteiger charge is 2.34. The number of nitrogens with one attached hydrogen (secondary N) is 1. The summed E-state index contributed by atoms with van der Waals surface area (Å²) in [6.07, 6.45) is 4.13. The van der Waals surface area contributed by atoms with Crippen LogP contribution in [0.2, 0.25) is 0 Å². The SMILES string of the molecule is CCC(=O)C1CCCCC1C(=O)Nc1cc(C)on1. The lowest BCUT2D eigenvalue weighted by molar-refractivity contribution is -0.132. The van der Waals surface area contributed by atoms with Crippen LogP contribution in [0.15, 0.2) is 10.6 Å². The van der Waals surface area contributed by atoms with Crippen LogP contribution in [0.5, 0.6) is 0 Å². The highest BCUT2D eigenvalue weighted by molar-refractivity contribution is 5.95. The second-order valence-electron chi connectivity index (χ2n) is 5.13. The van der Waals surface area contributed by atoms with E-state index in [9.17, 15) is 9.59 Å². The topological polar surface area (TPSA) is 72.2 Å². The van der Waals surface area contributed by atoms with Gasteiger partial charge in [-0.1, -0.05) is 24.9 Å². The Hall–Kier alpha value is -1.65. The smallest absolute Gasteiger partial charge is 0.229 e. The minimum atomic E-state index is -0.224. The predicted octanol–water partition coefficient (Wildman–Crippen LogP) is 2.71. The van der Waals surface area contributed by atoms with E-state index in [1.807, 2.05) is 6.92 Å². The van der Waals surface area contributed by atoms with Crippen molar-refractivity contribution in [2.75, 3.05) is 5.32 Å². The number of amides is 1. The van der Waals surface area contributed by atoms with E-state index in [-0.39, 0.29) is 23.5 Å². The lowest BCUT2D eigenvalue weighted by Crippen LogP contribution is -2.36. The van der Waals surface area contributed by atoms with E-state index in [0.29, 0.717) is 18.0 Å². The molecule has 1 aromatic rings. The molecule has 5 nitrogen and oxygen atoms in total. The van der Waals surface area contributed by atoms with Crippen LogP contribution in [-0.2, 0) is 9.59 Å². The Balaban J connectivity index is 2.05. The number of anilines is 1. The summed E-state index contributed by atoms with van der Waals surface area (Å²) in [7, 11) is 0. The zero-order valence-electron chi connectivity index (χ0n) is 11.4. The van der Waals surface area contributed by atoms with Crippen molar-refractivity contribution in [3.63, 3.8) is 0 Å². The van der Waals surface area contributed by atoms with Crippen molar-refractivity contribution in [3.8, 4) is 0 Å². The van der Waals surface area contributed by atoms with Crippen molar-refractivity contribution in [2.24, 2.45) is 11.8 Å². The number of ketones is 1. The standard InChI is InChI=1S/C14H20N2O3/c1-3-12(17)10-6-4-5-7-11(10)14(18)15-13-8-9(2)19-16-13/h8,10-11H,3-7H2,1-2H3,(H,15,16,18). The Morgan fingerprint density at radius 2 is 2.05 bits per heavy atom. The maximum atomic E-state index is 12.3. The number of hydrogen-bond acceptors (Lipinski definition) is 4. The van der Waals surface area contributed by atoms with Crippen molar-refractivity contribution >= 4 is 17.5 Å². The van der Waals surface area contributed by atoms with Gasteiger partial charge in [-0.15, -0.1) is 0 Å². The zero-order valence-corrected chi connectivity index (χ0v) is 11.4. The molecule has 2 rings (SSSR count). The van der Waals surface area contributed by atoms with Crippen LogP contribution in [-0.4, -0.2) is 16.8 Å². The van der Waals surface area contributed by atoms with Crippen molar-refractivity contribution in [1.29, 1.82) is 0 Å². The maximum absolute atomic E-state index is 12.3. The van der Waals surface area contributed by atoms with Crippen LogP contribution in [0.1, 0.15) is 44.8 Å². The summed E-state index contributed by atoms with van der Waals surface area (Å²) in [5.41, 5.74) is 0. The molecule has 1 aliphatic rings. The van der Waals surface area contributed by atoms with E-state index in [2.05, 4.69) is 10.5 Å². The van der Waals surface area contributed by atoms with E-state index in [4.69, 9.17) is 4.52 Å². The molecule has 1 N–H and O–H groups in total. The molecule has 0 aliphatic heterocycles. The van der Waals surface area contributed by atoms with Crippen LogP contribution in [0, 0.1) is 18.8 Å². The lowest BCUT2D eigenvalue weighted by atomic mass is 9.76. The Bertz CT molecular complexity index is 467. The Morgan fingerprint density at radius 1 is 1.37 bits per heavy atom. The van der Waals surface area contributed by atoms with E-state index in [1.54, 1.807) is 13.0 Å². The molecule has 0 radical (unpaired) electrons. The number of hydrogen-bond donors (Lipinski definition) is 1. The van der Waals surface area contributed by atoms with Crippen LogP contribution < -0.4 is 5.32 Å². The van der Waals surface area contributed by atoms with Gasteiger partial charge in [-0.2, -0.15) is 0 Å². The van der Waals surface area contributed by atoms with Crippen LogP contribution in [0.3, 0.4) is 0 Å². The largest absolute Gasteiger partial charge is 0.360 e. The summed E-state index contributed by atoms with van der Waals surface area (Å²) < 4.78 is 4.92. The van der Waals surface area contributed by atoms with Gasteiger partial charge in [-0.25, -0.2) is 0 Å². The molecule has 2 atom stereocenters. The lowest BCUT2D eigenvalue weighted by Gasteiger charge is -2.28.